The number of hydrogen-bond acceptors (Lipinski definition) is 4. The Morgan fingerprint density at radius 2 is 1.81 bits per heavy atom. The van der Waals surface area contributed by atoms with Gasteiger partial charge in [0.05, 0.1) is 18.9 Å². The molecule has 1 heterocycles. The number of halogens is 1. The third-order valence-electron chi connectivity index (χ3n) is 5.17. The van der Waals surface area contributed by atoms with Crippen LogP contribution in [-0.2, 0) is 19.9 Å². The Balaban J connectivity index is 0.00000512. The molecule has 0 aliphatic rings. The van der Waals surface area contributed by atoms with Crippen LogP contribution in [0.4, 0.5) is 0 Å². The molecule has 180 valence electrons. The number of ether oxygens (including phenoxy) is 2. The summed E-state index contributed by atoms with van der Waals surface area (Å²) in [5.41, 5.74) is 4.79. The Hall–Kier alpha value is -1.97. The van der Waals surface area contributed by atoms with Gasteiger partial charge in [0.15, 0.2) is 17.5 Å². The van der Waals surface area contributed by atoms with Crippen molar-refractivity contribution >= 4 is 29.9 Å². The minimum atomic E-state index is 0. The predicted octanol–water partition coefficient (Wildman–Crippen LogP) is 4.18. The third kappa shape index (κ3) is 8.18. The van der Waals surface area contributed by atoms with Crippen LogP contribution in [0, 0.1) is 13.8 Å². The van der Waals surface area contributed by atoms with Crippen LogP contribution in [0.5, 0.6) is 11.5 Å². The molecule has 0 bridgehead atoms. The van der Waals surface area contributed by atoms with Gasteiger partial charge >= 0.3 is 0 Å². The van der Waals surface area contributed by atoms with Crippen LogP contribution in [0.25, 0.3) is 0 Å². The predicted molar refractivity (Wildman–Crippen MR) is 143 cm³/mol. The highest BCUT2D eigenvalue weighted by molar-refractivity contribution is 14.0. The van der Waals surface area contributed by atoms with Crippen molar-refractivity contribution in [3.8, 4) is 11.5 Å². The maximum Gasteiger partial charge on any atom is 0.191 e. The number of aromatic nitrogens is 2. The Kier molecular flexibility index (Phi) is 12.5. The van der Waals surface area contributed by atoms with Gasteiger partial charge in [-0.1, -0.05) is 6.07 Å². The van der Waals surface area contributed by atoms with E-state index in [1.165, 1.54) is 16.8 Å². The number of hydrogen-bond donors (Lipinski definition) is 2. The van der Waals surface area contributed by atoms with Crippen LogP contribution in [0.3, 0.4) is 0 Å². The van der Waals surface area contributed by atoms with Crippen LogP contribution < -0.4 is 20.1 Å². The van der Waals surface area contributed by atoms with Crippen LogP contribution in [0.1, 0.15) is 50.2 Å². The van der Waals surface area contributed by atoms with E-state index in [-0.39, 0.29) is 30.0 Å². The van der Waals surface area contributed by atoms with E-state index in [2.05, 4.69) is 55.6 Å². The number of aliphatic imine (C=N–C) groups is 1. The maximum atomic E-state index is 5.73. The molecule has 0 aliphatic heterocycles. The summed E-state index contributed by atoms with van der Waals surface area (Å²) in [6, 6.07) is 6.37. The Morgan fingerprint density at radius 1 is 1.12 bits per heavy atom. The molecule has 1 atom stereocenters. The van der Waals surface area contributed by atoms with E-state index in [9.17, 15) is 0 Å². The summed E-state index contributed by atoms with van der Waals surface area (Å²) in [5, 5.41) is 11.4. The summed E-state index contributed by atoms with van der Waals surface area (Å²) in [7, 11) is 1.99. The van der Waals surface area contributed by atoms with Gasteiger partial charge in [-0.3, -0.25) is 9.67 Å². The van der Waals surface area contributed by atoms with Gasteiger partial charge in [0.1, 0.15) is 0 Å². The van der Waals surface area contributed by atoms with Crippen LogP contribution in [0.15, 0.2) is 23.2 Å². The average molecular weight is 558 g/mol. The molecule has 2 aromatic rings. The lowest BCUT2D eigenvalue weighted by atomic mass is 10.1. The second kappa shape index (κ2) is 14.2. The molecule has 7 nitrogen and oxygen atoms in total. The number of nitrogens with zero attached hydrogens (tertiary/aromatic N) is 3. The molecule has 1 aromatic carbocycles. The van der Waals surface area contributed by atoms with Gasteiger partial charge in [-0.15, -0.1) is 24.0 Å². The quantitative estimate of drug-likeness (QED) is 0.247. The third-order valence-corrected chi connectivity index (χ3v) is 5.17. The van der Waals surface area contributed by atoms with E-state index >= 15 is 0 Å². The molecule has 0 spiro atoms. The smallest absolute Gasteiger partial charge is 0.191 e. The van der Waals surface area contributed by atoms with E-state index in [4.69, 9.17) is 14.5 Å². The Labute approximate surface area is 210 Å². The summed E-state index contributed by atoms with van der Waals surface area (Å²) in [5.74, 6) is 2.43. The van der Waals surface area contributed by atoms with Gasteiger partial charge in [-0.05, 0) is 77.6 Å². The van der Waals surface area contributed by atoms with Crippen molar-refractivity contribution in [3.63, 3.8) is 0 Å². The molecule has 32 heavy (non-hydrogen) atoms. The first-order valence-electron chi connectivity index (χ1n) is 11.3. The first-order valence-corrected chi connectivity index (χ1v) is 11.3. The molecule has 0 fully saturated rings. The van der Waals surface area contributed by atoms with Gasteiger partial charge in [0.2, 0.25) is 0 Å². The Morgan fingerprint density at radius 3 is 2.41 bits per heavy atom. The summed E-state index contributed by atoms with van der Waals surface area (Å²) >= 11 is 0. The standard InChI is InChI=1S/C24H39N5O2.HI/c1-8-25-24(27-17(4)15-21-18(5)28-29(7)19(21)6)26-14-13-20-11-12-22(30-9-2)23(16-20)31-10-3;/h11-12,16-17H,8-10,13-15H2,1-7H3,(H2,25,26,27);1H. The summed E-state index contributed by atoms with van der Waals surface area (Å²) in [6.45, 7) is 15.2. The van der Waals surface area contributed by atoms with Crippen molar-refractivity contribution in [2.24, 2.45) is 12.0 Å². The topological polar surface area (TPSA) is 72.7 Å². The molecule has 8 heteroatoms. The second-order valence-corrected chi connectivity index (χ2v) is 7.68. The van der Waals surface area contributed by atoms with Gasteiger partial charge in [0, 0.05) is 31.9 Å². The minimum absolute atomic E-state index is 0. The SMILES string of the molecule is CCNC(=NCCc1ccc(OCC)c(OCC)c1)NC(C)Cc1c(C)nn(C)c1C.I. The fourth-order valence-corrected chi connectivity index (χ4v) is 3.57. The van der Waals surface area contributed by atoms with E-state index in [0.717, 1.165) is 42.5 Å². The van der Waals surface area contributed by atoms with E-state index in [1.807, 2.05) is 31.6 Å². The zero-order valence-corrected chi connectivity index (χ0v) is 22.9. The highest BCUT2D eigenvalue weighted by Crippen LogP contribution is 2.28. The van der Waals surface area contributed by atoms with Crippen molar-refractivity contribution in [1.29, 1.82) is 0 Å². The van der Waals surface area contributed by atoms with Gasteiger partial charge in [-0.25, -0.2) is 0 Å². The van der Waals surface area contributed by atoms with E-state index in [0.29, 0.717) is 19.8 Å². The normalized spacial score (nSPS) is 12.2. The maximum absolute atomic E-state index is 5.73. The molecule has 1 aromatic heterocycles. The zero-order chi connectivity index (χ0) is 22.8. The average Bonchev–Trinajstić information content (AvgIpc) is 2.96. The highest BCUT2D eigenvalue weighted by Gasteiger charge is 2.14. The molecule has 0 aliphatic carbocycles. The zero-order valence-electron chi connectivity index (χ0n) is 20.6. The summed E-state index contributed by atoms with van der Waals surface area (Å²) < 4.78 is 13.3. The molecule has 2 rings (SSSR count). The van der Waals surface area contributed by atoms with Gasteiger partial charge in [-0.2, -0.15) is 5.10 Å². The number of guanidine groups is 1. The molecular formula is C24H40IN5O2. The number of rotatable bonds is 11. The van der Waals surface area contributed by atoms with Crippen molar-refractivity contribution in [1.82, 2.24) is 20.4 Å². The molecule has 1 unspecified atom stereocenters. The van der Waals surface area contributed by atoms with Gasteiger partial charge < -0.3 is 20.1 Å². The number of nitrogens with one attached hydrogen (secondary N) is 2. The van der Waals surface area contributed by atoms with E-state index < -0.39 is 0 Å². The number of benzene rings is 1. The van der Waals surface area contributed by atoms with Crippen molar-refractivity contribution in [2.75, 3.05) is 26.3 Å². The fourth-order valence-electron chi connectivity index (χ4n) is 3.57. The first-order chi connectivity index (χ1) is 14.9. The van der Waals surface area contributed by atoms with Crippen LogP contribution in [-0.4, -0.2) is 48.1 Å². The largest absolute Gasteiger partial charge is 0.490 e. The molecular weight excluding hydrogens is 517 g/mol. The molecule has 0 amide bonds. The molecule has 0 radical (unpaired) electrons. The molecule has 0 saturated heterocycles. The van der Waals surface area contributed by atoms with Gasteiger partial charge in [0.25, 0.3) is 0 Å². The first kappa shape index (κ1) is 28.1. The molecule has 2 N–H and O–H groups in total. The minimum Gasteiger partial charge on any atom is -0.490 e. The van der Waals surface area contributed by atoms with Crippen molar-refractivity contribution < 1.29 is 9.47 Å². The summed E-state index contributed by atoms with van der Waals surface area (Å²) in [6.07, 6.45) is 1.74. The van der Waals surface area contributed by atoms with Crippen LogP contribution in [0.2, 0.25) is 0 Å². The second-order valence-electron chi connectivity index (χ2n) is 7.68. The summed E-state index contributed by atoms with van der Waals surface area (Å²) in [4.78, 5) is 4.78. The molecule has 0 saturated carbocycles. The lowest BCUT2D eigenvalue weighted by molar-refractivity contribution is 0.287. The Bertz CT molecular complexity index is 866. The number of aryl methyl sites for hydroxylation is 2. The lowest BCUT2D eigenvalue weighted by Gasteiger charge is -2.18. The fraction of sp³-hybridized carbons (Fsp3) is 0.583. The lowest BCUT2D eigenvalue weighted by Crippen LogP contribution is -2.43. The van der Waals surface area contributed by atoms with E-state index in [1.54, 1.807) is 0 Å². The van der Waals surface area contributed by atoms with Crippen molar-refractivity contribution in [2.45, 2.75) is 60.4 Å². The van der Waals surface area contributed by atoms with Crippen LogP contribution >= 0.6 is 24.0 Å². The highest BCUT2D eigenvalue weighted by atomic mass is 127. The monoisotopic (exact) mass is 557 g/mol. The van der Waals surface area contributed by atoms with Crippen molar-refractivity contribution in [3.05, 3.63) is 40.7 Å².